The summed E-state index contributed by atoms with van der Waals surface area (Å²) in [6.45, 7) is 5.58. The lowest BCUT2D eigenvalue weighted by atomic mass is 9.84. The van der Waals surface area contributed by atoms with Crippen LogP contribution < -0.4 is 10.2 Å². The highest BCUT2D eigenvalue weighted by atomic mass is 16.2. The van der Waals surface area contributed by atoms with Crippen LogP contribution in [0.15, 0.2) is 18.2 Å². The number of nitrogens with one attached hydrogen (secondary N) is 2. The molecule has 1 aromatic heterocycles. The van der Waals surface area contributed by atoms with Gasteiger partial charge >= 0.3 is 0 Å². The number of carbonyl (C=O) groups is 1. The van der Waals surface area contributed by atoms with E-state index in [2.05, 4.69) is 37.4 Å². The highest BCUT2D eigenvalue weighted by Crippen LogP contribution is 2.29. The monoisotopic (exact) mass is 339 g/mol. The Kier molecular flexibility index (Phi) is 3.66. The normalized spacial score (nSPS) is 28.6. The number of aromatic amines is 1. The molecule has 1 aromatic carbocycles. The van der Waals surface area contributed by atoms with E-state index in [-0.39, 0.29) is 11.9 Å². The third kappa shape index (κ3) is 2.68. The molecule has 0 spiro atoms. The van der Waals surface area contributed by atoms with Gasteiger partial charge in [0.05, 0.1) is 5.52 Å². The van der Waals surface area contributed by atoms with Crippen molar-refractivity contribution in [3.63, 3.8) is 0 Å². The Balaban J connectivity index is 1.36. The molecule has 6 rings (SSSR count). The zero-order valence-corrected chi connectivity index (χ0v) is 14.5. The number of benzene rings is 1. The third-order valence-corrected chi connectivity index (χ3v) is 6.21. The van der Waals surface area contributed by atoms with Crippen molar-refractivity contribution >= 4 is 22.5 Å². The van der Waals surface area contributed by atoms with E-state index in [1.807, 2.05) is 6.07 Å². The first kappa shape index (κ1) is 15.2. The van der Waals surface area contributed by atoms with Gasteiger partial charge in [-0.15, -0.1) is 0 Å². The van der Waals surface area contributed by atoms with Crippen molar-refractivity contribution in [3.8, 4) is 0 Å². The summed E-state index contributed by atoms with van der Waals surface area (Å²) in [5, 5.41) is 11.5. The average Bonchev–Trinajstić information content (AvgIpc) is 3.32. The maximum Gasteiger partial charge on any atom is 0.272 e. The van der Waals surface area contributed by atoms with E-state index in [9.17, 15) is 4.79 Å². The highest BCUT2D eigenvalue weighted by Gasteiger charge is 2.35. The first-order valence-electron chi connectivity index (χ1n) is 9.54. The van der Waals surface area contributed by atoms with Crippen LogP contribution in [-0.2, 0) is 0 Å². The Hall–Kier alpha value is -2.08. The number of fused-ring (bicyclic) bond motifs is 4. The van der Waals surface area contributed by atoms with Crippen molar-refractivity contribution in [3.05, 3.63) is 23.9 Å². The molecule has 6 nitrogen and oxygen atoms in total. The molecule has 4 fully saturated rings. The Bertz CT molecular complexity index is 786. The molecular weight excluding hydrogens is 314 g/mol. The lowest BCUT2D eigenvalue weighted by Gasteiger charge is -2.44. The summed E-state index contributed by atoms with van der Waals surface area (Å²) >= 11 is 0. The number of carbonyl (C=O) groups excluding carboxylic acids is 1. The van der Waals surface area contributed by atoms with Crippen molar-refractivity contribution in [2.24, 2.45) is 5.92 Å². The fourth-order valence-corrected chi connectivity index (χ4v) is 4.72. The number of hydrogen-bond donors (Lipinski definition) is 2. The summed E-state index contributed by atoms with van der Waals surface area (Å²) in [7, 11) is 0. The van der Waals surface area contributed by atoms with Crippen LogP contribution >= 0.6 is 0 Å². The van der Waals surface area contributed by atoms with Crippen LogP contribution in [-0.4, -0.2) is 59.8 Å². The highest BCUT2D eigenvalue weighted by molar-refractivity contribution is 6.05. The van der Waals surface area contributed by atoms with E-state index in [4.69, 9.17) is 0 Å². The van der Waals surface area contributed by atoms with E-state index in [0.29, 0.717) is 11.6 Å². The summed E-state index contributed by atoms with van der Waals surface area (Å²) in [6, 6.07) is 6.55. The maximum atomic E-state index is 12.8. The molecule has 0 radical (unpaired) electrons. The van der Waals surface area contributed by atoms with Crippen molar-refractivity contribution in [1.29, 1.82) is 0 Å². The van der Waals surface area contributed by atoms with Crippen LogP contribution in [0, 0.1) is 5.92 Å². The number of nitrogens with zero attached hydrogens (tertiary/aromatic N) is 3. The maximum absolute atomic E-state index is 12.8. The molecule has 5 heterocycles. The van der Waals surface area contributed by atoms with Crippen LogP contribution in [0.4, 0.5) is 5.69 Å². The zero-order valence-electron chi connectivity index (χ0n) is 14.5. The van der Waals surface area contributed by atoms with Gasteiger partial charge in [-0.3, -0.25) is 9.89 Å². The molecule has 4 aliphatic rings. The summed E-state index contributed by atoms with van der Waals surface area (Å²) in [6.07, 6.45) is 4.92. The summed E-state index contributed by atoms with van der Waals surface area (Å²) < 4.78 is 0. The second kappa shape index (κ2) is 6.02. The number of rotatable bonds is 3. The molecule has 0 aliphatic carbocycles. The summed E-state index contributed by atoms with van der Waals surface area (Å²) in [5.41, 5.74) is 2.70. The minimum atomic E-state index is -0.0427. The molecule has 4 saturated heterocycles. The van der Waals surface area contributed by atoms with E-state index < -0.39 is 0 Å². The minimum Gasteiger partial charge on any atom is -0.371 e. The second-order valence-corrected chi connectivity index (χ2v) is 7.71. The van der Waals surface area contributed by atoms with Crippen LogP contribution in [0.2, 0.25) is 0 Å². The molecule has 2 bridgehead atoms. The van der Waals surface area contributed by atoms with Crippen molar-refractivity contribution < 1.29 is 4.79 Å². The van der Waals surface area contributed by atoms with E-state index in [1.54, 1.807) is 0 Å². The smallest absolute Gasteiger partial charge is 0.272 e. The van der Waals surface area contributed by atoms with Crippen LogP contribution in [0.3, 0.4) is 0 Å². The van der Waals surface area contributed by atoms with E-state index in [0.717, 1.165) is 30.5 Å². The largest absolute Gasteiger partial charge is 0.371 e. The predicted octanol–water partition coefficient (Wildman–Crippen LogP) is 1.99. The number of anilines is 1. The van der Waals surface area contributed by atoms with Gasteiger partial charge in [-0.25, -0.2) is 0 Å². The Labute approximate surface area is 147 Å². The van der Waals surface area contributed by atoms with Gasteiger partial charge in [0, 0.05) is 36.7 Å². The Morgan fingerprint density at radius 3 is 2.68 bits per heavy atom. The molecule has 25 heavy (non-hydrogen) atoms. The van der Waals surface area contributed by atoms with Crippen LogP contribution in [0.1, 0.15) is 36.2 Å². The topological polar surface area (TPSA) is 64.3 Å². The molecule has 132 valence electrons. The minimum absolute atomic E-state index is 0.0427. The number of hydrogen-bond acceptors (Lipinski definition) is 4. The lowest BCUT2D eigenvalue weighted by molar-refractivity contribution is 0.0618. The molecule has 1 amide bonds. The van der Waals surface area contributed by atoms with Crippen LogP contribution in [0.25, 0.3) is 10.9 Å². The van der Waals surface area contributed by atoms with E-state index in [1.165, 1.54) is 44.5 Å². The van der Waals surface area contributed by atoms with Gasteiger partial charge in [0.15, 0.2) is 5.69 Å². The third-order valence-electron chi connectivity index (χ3n) is 6.21. The van der Waals surface area contributed by atoms with E-state index >= 15 is 0 Å². The van der Waals surface area contributed by atoms with Crippen molar-refractivity contribution in [2.75, 3.05) is 37.6 Å². The van der Waals surface area contributed by atoms with Gasteiger partial charge in [-0.1, -0.05) is 0 Å². The Morgan fingerprint density at radius 1 is 1.16 bits per heavy atom. The Morgan fingerprint density at radius 2 is 1.96 bits per heavy atom. The molecule has 6 heteroatoms. The van der Waals surface area contributed by atoms with Crippen LogP contribution in [0.5, 0.6) is 0 Å². The number of amides is 1. The number of aromatic nitrogens is 2. The van der Waals surface area contributed by atoms with Crippen molar-refractivity contribution in [2.45, 2.75) is 31.7 Å². The van der Waals surface area contributed by atoms with Gasteiger partial charge in [0.2, 0.25) is 0 Å². The van der Waals surface area contributed by atoms with Gasteiger partial charge < -0.3 is 15.1 Å². The first-order chi connectivity index (χ1) is 12.3. The SMILES string of the molecule is O=C(N[C@@H]1CN2CCC1CC2)c1n[nH]c2cc(N3CCCC3)ccc12. The molecule has 0 unspecified atom stereocenters. The predicted molar refractivity (Wildman–Crippen MR) is 98.0 cm³/mol. The quantitative estimate of drug-likeness (QED) is 0.898. The molecule has 2 N–H and O–H groups in total. The van der Waals surface area contributed by atoms with Gasteiger partial charge in [-0.2, -0.15) is 5.10 Å². The molecule has 2 aromatic rings. The fourth-order valence-electron chi connectivity index (χ4n) is 4.72. The average molecular weight is 339 g/mol. The standard InChI is InChI=1S/C19H25N5O/c25-19(20-17-12-23-9-5-13(17)6-10-23)18-15-4-3-14(11-16(15)21-22-18)24-7-1-2-8-24/h3-4,11,13,17H,1-2,5-10,12H2,(H,20,25)(H,21,22)/t17-/m1/s1. The molecule has 0 saturated carbocycles. The fraction of sp³-hybridized carbons (Fsp3) is 0.579. The first-order valence-corrected chi connectivity index (χ1v) is 9.54. The summed E-state index contributed by atoms with van der Waals surface area (Å²) in [4.78, 5) is 17.6. The van der Waals surface area contributed by atoms with Gasteiger partial charge in [-0.05, 0) is 62.9 Å². The second-order valence-electron chi connectivity index (χ2n) is 7.71. The summed E-state index contributed by atoms with van der Waals surface area (Å²) in [5.74, 6) is 0.583. The molecule has 1 atom stereocenters. The molecular formula is C19H25N5O. The molecule has 4 aliphatic heterocycles. The van der Waals surface area contributed by atoms with Crippen molar-refractivity contribution in [1.82, 2.24) is 20.4 Å². The number of piperidine rings is 3. The lowest BCUT2D eigenvalue weighted by Crippen LogP contribution is -2.57. The van der Waals surface area contributed by atoms with Gasteiger partial charge in [0.1, 0.15) is 0 Å². The van der Waals surface area contributed by atoms with Gasteiger partial charge in [0.25, 0.3) is 5.91 Å². The zero-order chi connectivity index (χ0) is 16.8. The number of H-pyrrole nitrogens is 1.